The molecule has 3 amide bonds. The van der Waals surface area contributed by atoms with Crippen LogP contribution in [0.2, 0.25) is 0 Å². The van der Waals surface area contributed by atoms with E-state index in [1.54, 1.807) is 11.9 Å². The maximum Gasteiger partial charge on any atom is 0.321 e. The number of aromatic nitrogens is 3. The van der Waals surface area contributed by atoms with E-state index in [-0.39, 0.29) is 11.9 Å². The zero-order valence-corrected chi connectivity index (χ0v) is 18.3. The lowest BCUT2D eigenvalue weighted by molar-refractivity contribution is -0.117. The van der Waals surface area contributed by atoms with Crippen LogP contribution in [0.15, 0.2) is 72.9 Å². The summed E-state index contributed by atoms with van der Waals surface area (Å²) in [6, 6.07) is 20.9. The number of fused-ring (bicyclic) bond motifs is 2. The standard InChI is InChI=1S/C25H24N6O2/c1-29(17-23-28-27-22-9-5-6-13-31(22)23)25(33)26-20-11-10-19-12-14-30(21(19)16-20)24(32)15-18-7-3-2-4-8-18/h2-11,13,16H,12,14-15,17H2,1H3,(H,26,33). The molecule has 33 heavy (non-hydrogen) atoms. The third-order valence-corrected chi connectivity index (χ3v) is 5.84. The second-order valence-corrected chi connectivity index (χ2v) is 8.13. The highest BCUT2D eigenvalue weighted by atomic mass is 16.2. The molecule has 0 unspecified atom stereocenters. The molecule has 1 aliphatic rings. The van der Waals surface area contributed by atoms with E-state index < -0.39 is 0 Å². The number of carbonyl (C=O) groups excluding carboxylic acids is 2. The van der Waals surface area contributed by atoms with Crippen LogP contribution >= 0.6 is 0 Å². The largest absolute Gasteiger partial charge is 0.321 e. The smallest absolute Gasteiger partial charge is 0.320 e. The van der Waals surface area contributed by atoms with Gasteiger partial charge in [0.05, 0.1) is 13.0 Å². The van der Waals surface area contributed by atoms with Gasteiger partial charge in [0.15, 0.2) is 11.5 Å². The van der Waals surface area contributed by atoms with Crippen molar-refractivity contribution in [1.82, 2.24) is 19.5 Å². The van der Waals surface area contributed by atoms with Crippen LogP contribution < -0.4 is 10.2 Å². The molecule has 2 aromatic carbocycles. The molecule has 5 rings (SSSR count). The number of hydrogen-bond donors (Lipinski definition) is 1. The fourth-order valence-corrected chi connectivity index (χ4v) is 4.08. The van der Waals surface area contributed by atoms with E-state index in [4.69, 9.17) is 0 Å². The summed E-state index contributed by atoms with van der Waals surface area (Å²) in [5, 5.41) is 11.2. The Balaban J connectivity index is 1.27. The molecule has 1 N–H and O–H groups in total. The highest BCUT2D eigenvalue weighted by Crippen LogP contribution is 2.31. The van der Waals surface area contributed by atoms with Crippen molar-refractivity contribution in [2.45, 2.75) is 19.4 Å². The Kier molecular flexibility index (Phi) is 5.48. The van der Waals surface area contributed by atoms with Gasteiger partial charge in [-0.1, -0.05) is 42.5 Å². The van der Waals surface area contributed by atoms with E-state index >= 15 is 0 Å². The van der Waals surface area contributed by atoms with E-state index in [1.165, 1.54) is 0 Å². The molecule has 0 bridgehead atoms. The average Bonchev–Trinajstić information content (AvgIpc) is 3.44. The number of amides is 3. The van der Waals surface area contributed by atoms with Crippen molar-refractivity contribution in [2.24, 2.45) is 0 Å². The van der Waals surface area contributed by atoms with Crippen LogP contribution in [0.4, 0.5) is 16.2 Å². The maximum atomic E-state index is 12.9. The quantitative estimate of drug-likeness (QED) is 0.515. The van der Waals surface area contributed by atoms with Gasteiger partial charge in [-0.25, -0.2) is 4.79 Å². The first-order chi connectivity index (χ1) is 16.1. The predicted octanol–water partition coefficient (Wildman–Crippen LogP) is 3.53. The van der Waals surface area contributed by atoms with Crippen molar-refractivity contribution in [1.29, 1.82) is 0 Å². The number of carbonyl (C=O) groups is 2. The molecular formula is C25H24N6O2. The second-order valence-electron chi connectivity index (χ2n) is 8.13. The van der Waals surface area contributed by atoms with E-state index in [1.807, 2.05) is 82.2 Å². The number of anilines is 2. The first-order valence-electron chi connectivity index (χ1n) is 10.9. The fraction of sp³-hybridized carbons (Fsp3) is 0.200. The summed E-state index contributed by atoms with van der Waals surface area (Å²) in [5.41, 5.74) is 4.34. The lowest BCUT2D eigenvalue weighted by Crippen LogP contribution is -2.32. The van der Waals surface area contributed by atoms with Gasteiger partial charge in [-0.05, 0) is 41.8 Å². The molecule has 0 atom stereocenters. The van der Waals surface area contributed by atoms with Crippen molar-refractivity contribution >= 4 is 29.0 Å². The van der Waals surface area contributed by atoms with Gasteiger partial charge in [-0.15, -0.1) is 10.2 Å². The molecule has 4 aromatic rings. The molecule has 3 heterocycles. The Morgan fingerprint density at radius 2 is 1.85 bits per heavy atom. The van der Waals surface area contributed by atoms with E-state index in [0.29, 0.717) is 31.0 Å². The number of nitrogens with zero attached hydrogens (tertiary/aromatic N) is 5. The van der Waals surface area contributed by atoms with E-state index in [9.17, 15) is 9.59 Å². The van der Waals surface area contributed by atoms with Gasteiger partial charge in [0.25, 0.3) is 0 Å². The minimum atomic E-state index is -0.261. The van der Waals surface area contributed by atoms with Crippen LogP contribution in [0.1, 0.15) is 17.0 Å². The van der Waals surface area contributed by atoms with Crippen LogP contribution in [-0.2, 0) is 24.2 Å². The molecule has 8 nitrogen and oxygen atoms in total. The molecule has 0 spiro atoms. The number of pyridine rings is 1. The first-order valence-corrected chi connectivity index (χ1v) is 10.9. The summed E-state index contributed by atoms with van der Waals surface area (Å²) in [5.74, 6) is 0.731. The molecule has 8 heteroatoms. The van der Waals surface area contributed by atoms with Crippen LogP contribution in [-0.4, -0.2) is 45.0 Å². The summed E-state index contributed by atoms with van der Waals surface area (Å²) in [4.78, 5) is 29.1. The molecule has 1 aliphatic heterocycles. The van der Waals surface area contributed by atoms with Crippen molar-refractivity contribution in [3.8, 4) is 0 Å². The fourth-order valence-electron chi connectivity index (χ4n) is 4.08. The molecule has 0 radical (unpaired) electrons. The van der Waals surface area contributed by atoms with E-state index in [2.05, 4.69) is 15.5 Å². The Bertz CT molecular complexity index is 1320. The number of benzene rings is 2. The van der Waals surface area contributed by atoms with E-state index in [0.717, 1.165) is 28.9 Å². The SMILES string of the molecule is CN(Cc1nnc2ccccn12)C(=O)Nc1ccc2c(c1)N(C(=O)Cc1ccccc1)CC2. The monoisotopic (exact) mass is 440 g/mol. The molecular weight excluding hydrogens is 416 g/mol. The molecule has 0 saturated carbocycles. The maximum absolute atomic E-state index is 12.9. The summed E-state index contributed by atoms with van der Waals surface area (Å²) in [6.45, 7) is 0.960. The van der Waals surface area contributed by atoms with Gasteiger partial charge in [0.2, 0.25) is 5.91 Å². The van der Waals surface area contributed by atoms with Gasteiger partial charge in [0.1, 0.15) is 0 Å². The van der Waals surface area contributed by atoms with Crippen LogP contribution in [0.5, 0.6) is 0 Å². The minimum Gasteiger partial charge on any atom is -0.320 e. The average molecular weight is 441 g/mol. The third-order valence-electron chi connectivity index (χ3n) is 5.84. The summed E-state index contributed by atoms with van der Waals surface area (Å²) in [6.07, 6.45) is 3.04. The molecule has 2 aromatic heterocycles. The third kappa shape index (κ3) is 4.27. The molecule has 166 valence electrons. The number of hydrogen-bond acceptors (Lipinski definition) is 4. The Labute approximate surface area is 191 Å². The minimum absolute atomic E-state index is 0.0548. The number of nitrogens with one attached hydrogen (secondary N) is 1. The second kappa shape index (κ2) is 8.74. The summed E-state index contributed by atoms with van der Waals surface area (Å²) in [7, 11) is 1.71. The zero-order chi connectivity index (χ0) is 22.8. The molecule has 0 saturated heterocycles. The zero-order valence-electron chi connectivity index (χ0n) is 18.3. The molecule has 0 fully saturated rings. The van der Waals surface area contributed by atoms with Gasteiger partial charge >= 0.3 is 6.03 Å². The normalized spacial score (nSPS) is 12.6. The topological polar surface area (TPSA) is 82.8 Å². The summed E-state index contributed by atoms with van der Waals surface area (Å²) >= 11 is 0. The van der Waals surface area contributed by atoms with Crippen LogP contribution in [0, 0.1) is 0 Å². The summed E-state index contributed by atoms with van der Waals surface area (Å²) < 4.78 is 1.86. The highest BCUT2D eigenvalue weighted by Gasteiger charge is 2.25. The number of urea groups is 1. The lowest BCUT2D eigenvalue weighted by atomic mass is 10.1. The number of rotatable bonds is 5. The van der Waals surface area contributed by atoms with Crippen LogP contribution in [0.3, 0.4) is 0 Å². The van der Waals surface area contributed by atoms with Gasteiger partial charge in [-0.3, -0.25) is 9.20 Å². The van der Waals surface area contributed by atoms with Gasteiger partial charge in [0, 0.05) is 31.2 Å². The van der Waals surface area contributed by atoms with Crippen LogP contribution in [0.25, 0.3) is 5.65 Å². The van der Waals surface area contributed by atoms with Gasteiger partial charge in [-0.2, -0.15) is 0 Å². The van der Waals surface area contributed by atoms with Crippen molar-refractivity contribution in [2.75, 3.05) is 23.8 Å². The highest BCUT2D eigenvalue weighted by molar-refractivity contribution is 5.98. The Hall–Kier alpha value is -4.20. The first kappa shape index (κ1) is 20.7. The van der Waals surface area contributed by atoms with Gasteiger partial charge < -0.3 is 15.1 Å². The van der Waals surface area contributed by atoms with Crippen molar-refractivity contribution in [3.63, 3.8) is 0 Å². The lowest BCUT2D eigenvalue weighted by Gasteiger charge is -2.20. The van der Waals surface area contributed by atoms with Crippen molar-refractivity contribution in [3.05, 3.63) is 89.9 Å². The predicted molar refractivity (Wildman–Crippen MR) is 126 cm³/mol. The Morgan fingerprint density at radius 1 is 1.03 bits per heavy atom. The Morgan fingerprint density at radius 3 is 2.70 bits per heavy atom. The van der Waals surface area contributed by atoms with Crippen molar-refractivity contribution < 1.29 is 9.59 Å². The molecule has 0 aliphatic carbocycles.